The molecule has 1 aliphatic carbocycles. The summed E-state index contributed by atoms with van der Waals surface area (Å²) in [4.78, 5) is 16.3. The molecule has 2 atom stereocenters. The van der Waals surface area contributed by atoms with E-state index in [-0.39, 0.29) is 29.9 Å². The zero-order valence-electron chi connectivity index (χ0n) is 16.1. The molecule has 0 bridgehead atoms. The van der Waals surface area contributed by atoms with Gasteiger partial charge in [0.1, 0.15) is 0 Å². The van der Waals surface area contributed by atoms with Gasteiger partial charge in [-0.1, -0.05) is 12.1 Å². The number of anilines is 1. The van der Waals surface area contributed by atoms with Gasteiger partial charge in [-0.15, -0.1) is 24.0 Å². The predicted molar refractivity (Wildman–Crippen MR) is 127 cm³/mol. The van der Waals surface area contributed by atoms with E-state index in [1.807, 2.05) is 36.0 Å². The molecule has 1 heterocycles. The number of amides is 1. The van der Waals surface area contributed by atoms with Gasteiger partial charge in [0.05, 0.1) is 6.26 Å². The Bertz CT molecular complexity index is 765. The van der Waals surface area contributed by atoms with Crippen LogP contribution in [0, 0.1) is 0 Å². The molecule has 3 rings (SSSR count). The van der Waals surface area contributed by atoms with Crippen molar-refractivity contribution in [2.75, 3.05) is 18.6 Å². The summed E-state index contributed by atoms with van der Waals surface area (Å²) in [7, 11) is 1.80. The lowest BCUT2D eigenvalue weighted by atomic mass is 10.2. The first-order valence-electron chi connectivity index (χ1n) is 9.11. The Kier molecular flexibility index (Phi) is 9.17. The largest absolute Gasteiger partial charge is 0.459 e. The average molecular weight is 514 g/mol. The van der Waals surface area contributed by atoms with Crippen molar-refractivity contribution in [2.24, 2.45) is 4.99 Å². The smallest absolute Gasteiger partial charge is 0.291 e. The molecule has 1 saturated carbocycles. The third-order valence-electron chi connectivity index (χ3n) is 4.70. The second-order valence-corrected chi connectivity index (χ2v) is 7.70. The lowest BCUT2D eigenvalue weighted by Crippen LogP contribution is -2.42. The fraction of sp³-hybridized carbons (Fsp3) is 0.400. The topological polar surface area (TPSA) is 78.7 Å². The number of nitrogens with one attached hydrogen (secondary N) is 3. The van der Waals surface area contributed by atoms with Crippen LogP contribution in [-0.2, 0) is 6.54 Å². The van der Waals surface area contributed by atoms with Crippen LogP contribution < -0.4 is 16.0 Å². The Hall–Kier alpha value is -1.68. The van der Waals surface area contributed by atoms with Gasteiger partial charge >= 0.3 is 0 Å². The molecule has 8 heteroatoms. The van der Waals surface area contributed by atoms with Gasteiger partial charge in [0.25, 0.3) is 5.91 Å². The highest BCUT2D eigenvalue weighted by Crippen LogP contribution is 2.28. The van der Waals surface area contributed by atoms with Crippen LogP contribution in [0.2, 0.25) is 0 Å². The second kappa shape index (κ2) is 11.4. The van der Waals surface area contributed by atoms with E-state index in [4.69, 9.17) is 4.42 Å². The first-order chi connectivity index (χ1) is 13.2. The van der Waals surface area contributed by atoms with E-state index in [1.165, 1.54) is 25.5 Å². The summed E-state index contributed by atoms with van der Waals surface area (Å²) in [5.74, 6) is 0.874. The first-order valence-corrected chi connectivity index (χ1v) is 10.4. The normalized spacial score (nSPS) is 19.0. The molecule has 0 spiro atoms. The minimum Gasteiger partial charge on any atom is -0.459 e. The molecular formula is C20H27IN4O2S. The highest BCUT2D eigenvalue weighted by Gasteiger charge is 2.24. The molecule has 1 aromatic carbocycles. The first kappa shape index (κ1) is 22.6. The summed E-state index contributed by atoms with van der Waals surface area (Å²) in [5, 5.41) is 10.4. The van der Waals surface area contributed by atoms with Crippen molar-refractivity contribution in [1.82, 2.24) is 10.6 Å². The van der Waals surface area contributed by atoms with E-state index in [9.17, 15) is 4.79 Å². The molecule has 0 aliphatic heterocycles. The van der Waals surface area contributed by atoms with E-state index in [0.29, 0.717) is 18.3 Å². The van der Waals surface area contributed by atoms with Crippen molar-refractivity contribution < 1.29 is 9.21 Å². The second-order valence-electron chi connectivity index (χ2n) is 6.57. The van der Waals surface area contributed by atoms with E-state index in [1.54, 1.807) is 19.2 Å². The van der Waals surface area contributed by atoms with Crippen LogP contribution in [0.4, 0.5) is 5.69 Å². The van der Waals surface area contributed by atoms with Crippen LogP contribution >= 0.6 is 35.7 Å². The number of aliphatic imine (C=N–C) groups is 1. The average Bonchev–Trinajstić information content (AvgIpc) is 3.38. The summed E-state index contributed by atoms with van der Waals surface area (Å²) in [5.41, 5.74) is 1.85. The summed E-state index contributed by atoms with van der Waals surface area (Å²) < 4.78 is 5.09. The molecule has 0 radical (unpaired) electrons. The summed E-state index contributed by atoms with van der Waals surface area (Å²) in [6, 6.07) is 11.6. The van der Waals surface area contributed by atoms with E-state index >= 15 is 0 Å². The maximum Gasteiger partial charge on any atom is 0.291 e. The molecule has 152 valence electrons. The van der Waals surface area contributed by atoms with Gasteiger partial charge in [0.15, 0.2) is 11.7 Å². The Morgan fingerprint density at radius 3 is 2.64 bits per heavy atom. The van der Waals surface area contributed by atoms with E-state index < -0.39 is 0 Å². The van der Waals surface area contributed by atoms with Crippen molar-refractivity contribution in [3.05, 3.63) is 54.0 Å². The minimum absolute atomic E-state index is 0. The Balaban J connectivity index is 0.00000280. The Morgan fingerprint density at radius 1 is 1.25 bits per heavy atom. The van der Waals surface area contributed by atoms with Gasteiger partial charge in [-0.3, -0.25) is 9.79 Å². The van der Waals surface area contributed by atoms with E-state index in [0.717, 1.165) is 22.5 Å². The van der Waals surface area contributed by atoms with Crippen molar-refractivity contribution >= 4 is 53.3 Å². The highest BCUT2D eigenvalue weighted by atomic mass is 127. The van der Waals surface area contributed by atoms with Gasteiger partial charge in [-0.05, 0) is 55.3 Å². The minimum atomic E-state index is -0.254. The molecule has 3 N–H and O–H groups in total. The van der Waals surface area contributed by atoms with Crippen LogP contribution in [0.25, 0.3) is 0 Å². The number of nitrogens with zero attached hydrogens (tertiary/aromatic N) is 1. The number of guanidine groups is 1. The number of halogens is 1. The monoisotopic (exact) mass is 514 g/mol. The molecule has 0 saturated heterocycles. The zero-order valence-corrected chi connectivity index (χ0v) is 19.3. The van der Waals surface area contributed by atoms with Crippen LogP contribution in [0.15, 0.2) is 52.1 Å². The van der Waals surface area contributed by atoms with Gasteiger partial charge in [0, 0.05) is 30.6 Å². The number of furan rings is 1. The number of carbonyl (C=O) groups excluding carboxylic acids is 1. The Labute approximate surface area is 187 Å². The number of rotatable bonds is 6. The van der Waals surface area contributed by atoms with Crippen molar-refractivity contribution in [1.29, 1.82) is 0 Å². The summed E-state index contributed by atoms with van der Waals surface area (Å²) in [6.07, 6.45) is 7.31. The predicted octanol–water partition coefficient (Wildman–Crippen LogP) is 4.10. The molecule has 28 heavy (non-hydrogen) atoms. The number of carbonyl (C=O) groups is 1. The molecule has 1 fully saturated rings. The van der Waals surface area contributed by atoms with Gasteiger partial charge in [0.2, 0.25) is 0 Å². The molecule has 6 nitrogen and oxygen atoms in total. The van der Waals surface area contributed by atoms with Crippen molar-refractivity contribution in [3.8, 4) is 0 Å². The maximum absolute atomic E-state index is 12.0. The Morgan fingerprint density at radius 2 is 2.04 bits per heavy atom. The molecule has 1 aliphatic rings. The van der Waals surface area contributed by atoms with Gasteiger partial charge < -0.3 is 20.4 Å². The third kappa shape index (κ3) is 6.44. The quantitative estimate of drug-likeness (QED) is 0.308. The van der Waals surface area contributed by atoms with E-state index in [2.05, 4.69) is 27.2 Å². The maximum atomic E-state index is 12.0. The van der Waals surface area contributed by atoms with Gasteiger partial charge in [-0.2, -0.15) is 11.8 Å². The highest BCUT2D eigenvalue weighted by molar-refractivity contribution is 14.0. The number of hydrogen-bond donors (Lipinski definition) is 3. The fourth-order valence-corrected chi connectivity index (χ4v) is 3.96. The lowest BCUT2D eigenvalue weighted by Gasteiger charge is -2.17. The van der Waals surface area contributed by atoms with Crippen molar-refractivity contribution in [3.63, 3.8) is 0 Å². The molecular weight excluding hydrogens is 487 g/mol. The van der Waals surface area contributed by atoms with Crippen LogP contribution in [0.1, 0.15) is 35.4 Å². The number of hydrogen-bond acceptors (Lipinski definition) is 4. The SMILES string of the molecule is CN=C(NCc1ccc(NC(=O)c2ccco2)cc1)NC1CCC(SC)C1.I. The molecule has 2 unspecified atom stereocenters. The zero-order chi connectivity index (χ0) is 19.1. The third-order valence-corrected chi connectivity index (χ3v) is 5.79. The number of thioether (sulfide) groups is 1. The summed E-state index contributed by atoms with van der Waals surface area (Å²) in [6.45, 7) is 0.671. The van der Waals surface area contributed by atoms with Crippen molar-refractivity contribution in [2.45, 2.75) is 37.1 Å². The van der Waals surface area contributed by atoms with Crippen LogP contribution in [-0.4, -0.2) is 36.5 Å². The van der Waals surface area contributed by atoms with Crippen LogP contribution in [0.3, 0.4) is 0 Å². The molecule has 1 amide bonds. The van der Waals surface area contributed by atoms with Crippen LogP contribution in [0.5, 0.6) is 0 Å². The van der Waals surface area contributed by atoms with Gasteiger partial charge in [-0.25, -0.2) is 0 Å². The lowest BCUT2D eigenvalue weighted by molar-refractivity contribution is 0.0996. The number of benzene rings is 1. The molecule has 1 aromatic heterocycles. The molecule has 2 aromatic rings. The fourth-order valence-electron chi connectivity index (χ4n) is 3.17. The summed E-state index contributed by atoms with van der Waals surface area (Å²) >= 11 is 1.95. The standard InChI is InChI=1S/C20H26N4O2S.HI/c1-21-20(24-16-9-10-17(12-16)27-2)22-13-14-5-7-15(8-6-14)23-19(25)18-4-3-11-26-18;/h3-8,11,16-17H,9-10,12-13H2,1-2H3,(H,23,25)(H2,21,22,24);1H.